The van der Waals surface area contributed by atoms with Crippen LogP contribution in [0.4, 0.5) is 0 Å². The van der Waals surface area contributed by atoms with E-state index in [9.17, 15) is 9.90 Å². The van der Waals surface area contributed by atoms with Crippen LogP contribution in [0.3, 0.4) is 0 Å². The predicted octanol–water partition coefficient (Wildman–Crippen LogP) is 3.83. The van der Waals surface area contributed by atoms with Crippen LogP contribution in [0.2, 0.25) is 5.02 Å². The molecule has 1 heterocycles. The van der Waals surface area contributed by atoms with Crippen molar-refractivity contribution in [1.29, 1.82) is 0 Å². The summed E-state index contributed by atoms with van der Waals surface area (Å²) in [5, 5.41) is 13.7. The Balaban J connectivity index is 1.80. The molecule has 1 amide bonds. The van der Waals surface area contributed by atoms with Crippen LogP contribution in [-0.2, 0) is 10.2 Å². The molecule has 25 heavy (non-hydrogen) atoms. The Morgan fingerprint density at radius 3 is 2.56 bits per heavy atom. The second-order valence-electron chi connectivity index (χ2n) is 6.60. The molecule has 0 unspecified atom stereocenters. The minimum Gasteiger partial charge on any atom is -0.507 e. The number of aryl methyl sites for hydroxylation is 1. The monoisotopic (exact) mass is 359 g/mol. The molecule has 132 valence electrons. The zero-order valence-electron chi connectivity index (χ0n) is 14.2. The Hall–Kier alpha value is -2.04. The number of halogens is 1. The van der Waals surface area contributed by atoms with Crippen molar-refractivity contribution in [3.63, 3.8) is 0 Å². The van der Waals surface area contributed by atoms with Crippen LogP contribution >= 0.6 is 11.6 Å². The number of phenolic OH excluding ortho intramolecular Hbond substituents is 1. The lowest BCUT2D eigenvalue weighted by Gasteiger charge is -2.38. The van der Waals surface area contributed by atoms with E-state index in [2.05, 4.69) is 5.32 Å². The molecule has 4 nitrogen and oxygen atoms in total. The Bertz CT molecular complexity index is 752. The summed E-state index contributed by atoms with van der Waals surface area (Å²) in [6, 6.07) is 12.8. The van der Waals surface area contributed by atoms with E-state index in [0.29, 0.717) is 30.3 Å². The highest BCUT2D eigenvalue weighted by Gasteiger charge is 2.35. The van der Waals surface area contributed by atoms with Crippen LogP contribution in [0.5, 0.6) is 5.75 Å². The molecule has 1 saturated heterocycles. The normalized spacial score (nSPS) is 16.4. The van der Waals surface area contributed by atoms with Crippen molar-refractivity contribution < 1.29 is 14.6 Å². The number of aromatic hydroxyl groups is 1. The lowest BCUT2D eigenvalue weighted by atomic mass is 9.74. The van der Waals surface area contributed by atoms with Gasteiger partial charge in [0.25, 0.3) is 5.91 Å². The summed E-state index contributed by atoms with van der Waals surface area (Å²) in [5.41, 5.74) is 2.20. The third kappa shape index (κ3) is 3.97. The number of nitrogens with one attached hydrogen (secondary N) is 1. The molecule has 0 atom stereocenters. The molecule has 5 heteroatoms. The smallest absolute Gasteiger partial charge is 0.255 e. The molecule has 0 saturated carbocycles. The molecule has 0 spiro atoms. The molecule has 1 aliphatic heterocycles. The van der Waals surface area contributed by atoms with Gasteiger partial charge < -0.3 is 15.2 Å². The molecule has 1 fully saturated rings. The van der Waals surface area contributed by atoms with Gasteiger partial charge in [-0.2, -0.15) is 0 Å². The van der Waals surface area contributed by atoms with Gasteiger partial charge >= 0.3 is 0 Å². The van der Waals surface area contributed by atoms with E-state index in [1.165, 1.54) is 0 Å². The van der Waals surface area contributed by atoms with Crippen molar-refractivity contribution in [3.8, 4) is 5.75 Å². The highest BCUT2D eigenvalue weighted by Crippen LogP contribution is 2.35. The average molecular weight is 360 g/mol. The number of amides is 1. The molecule has 2 N–H and O–H groups in total. The molecule has 2 aromatic rings. The lowest BCUT2D eigenvalue weighted by molar-refractivity contribution is 0.0487. The van der Waals surface area contributed by atoms with E-state index >= 15 is 0 Å². The summed E-state index contributed by atoms with van der Waals surface area (Å²) >= 11 is 6.01. The van der Waals surface area contributed by atoms with E-state index in [1.807, 2.05) is 31.2 Å². The standard InChI is InChI=1S/C20H22ClNO3/c1-14-2-7-18(23)17(12-14)19(24)22-13-20(8-10-25-11-9-20)15-3-5-16(21)6-4-15/h2-7,12,23H,8-11,13H2,1H3,(H,22,24). The van der Waals surface area contributed by atoms with Crippen molar-refractivity contribution in [2.24, 2.45) is 0 Å². The van der Waals surface area contributed by atoms with Gasteiger partial charge in [0, 0.05) is 30.2 Å². The first kappa shape index (κ1) is 17.8. The zero-order chi connectivity index (χ0) is 17.9. The number of carbonyl (C=O) groups excluding carboxylic acids is 1. The third-order valence-corrected chi connectivity index (χ3v) is 5.14. The van der Waals surface area contributed by atoms with E-state index < -0.39 is 0 Å². The predicted molar refractivity (Wildman–Crippen MR) is 98.4 cm³/mol. The number of phenols is 1. The fourth-order valence-electron chi connectivity index (χ4n) is 3.31. The topological polar surface area (TPSA) is 58.6 Å². The maximum atomic E-state index is 12.6. The van der Waals surface area contributed by atoms with Gasteiger partial charge in [-0.3, -0.25) is 4.79 Å². The maximum absolute atomic E-state index is 12.6. The quantitative estimate of drug-likeness (QED) is 0.872. The number of hydrogen-bond acceptors (Lipinski definition) is 3. The van der Waals surface area contributed by atoms with E-state index in [4.69, 9.17) is 16.3 Å². The summed E-state index contributed by atoms with van der Waals surface area (Å²) in [5.74, 6) is -0.267. The molecular weight excluding hydrogens is 338 g/mol. The van der Waals surface area contributed by atoms with Crippen molar-refractivity contribution in [2.45, 2.75) is 25.2 Å². The number of rotatable bonds is 4. The van der Waals surface area contributed by atoms with Crippen molar-refractivity contribution >= 4 is 17.5 Å². The Morgan fingerprint density at radius 1 is 1.20 bits per heavy atom. The van der Waals surface area contributed by atoms with Gasteiger partial charge in [-0.1, -0.05) is 35.4 Å². The van der Waals surface area contributed by atoms with Crippen LogP contribution in [0, 0.1) is 6.92 Å². The summed E-state index contributed by atoms with van der Waals surface area (Å²) in [6.45, 7) is 3.70. The van der Waals surface area contributed by atoms with Crippen LogP contribution in [0.1, 0.15) is 34.3 Å². The van der Waals surface area contributed by atoms with Crippen LogP contribution in [0.25, 0.3) is 0 Å². The maximum Gasteiger partial charge on any atom is 0.255 e. The number of benzene rings is 2. The first-order valence-electron chi connectivity index (χ1n) is 8.42. The summed E-state index contributed by atoms with van der Waals surface area (Å²) in [7, 11) is 0. The molecule has 0 aromatic heterocycles. The summed E-state index contributed by atoms with van der Waals surface area (Å²) in [4.78, 5) is 12.6. The van der Waals surface area contributed by atoms with Crippen LogP contribution < -0.4 is 5.32 Å². The highest BCUT2D eigenvalue weighted by molar-refractivity contribution is 6.30. The second-order valence-corrected chi connectivity index (χ2v) is 7.04. The summed E-state index contributed by atoms with van der Waals surface area (Å²) < 4.78 is 5.52. The molecule has 0 radical (unpaired) electrons. The van der Waals surface area contributed by atoms with Gasteiger partial charge in [-0.25, -0.2) is 0 Å². The van der Waals surface area contributed by atoms with Gasteiger partial charge in [-0.15, -0.1) is 0 Å². The van der Waals surface area contributed by atoms with E-state index in [0.717, 1.165) is 24.0 Å². The van der Waals surface area contributed by atoms with Gasteiger partial charge in [-0.05, 0) is 49.6 Å². The molecule has 3 rings (SSSR count). The van der Waals surface area contributed by atoms with Crippen molar-refractivity contribution in [2.75, 3.05) is 19.8 Å². The van der Waals surface area contributed by atoms with Gasteiger partial charge in [0.2, 0.25) is 0 Å². The van der Waals surface area contributed by atoms with E-state index in [1.54, 1.807) is 18.2 Å². The summed E-state index contributed by atoms with van der Waals surface area (Å²) in [6.07, 6.45) is 1.66. The zero-order valence-corrected chi connectivity index (χ0v) is 15.0. The lowest BCUT2D eigenvalue weighted by Crippen LogP contribution is -2.44. The number of ether oxygens (including phenoxy) is 1. The first-order valence-corrected chi connectivity index (χ1v) is 8.80. The first-order chi connectivity index (χ1) is 12.0. The highest BCUT2D eigenvalue weighted by atomic mass is 35.5. The molecular formula is C20H22ClNO3. The minimum absolute atomic E-state index is 0.00406. The Labute approximate surface area is 152 Å². The van der Waals surface area contributed by atoms with Crippen molar-refractivity contribution in [1.82, 2.24) is 5.32 Å². The third-order valence-electron chi connectivity index (χ3n) is 4.89. The fourth-order valence-corrected chi connectivity index (χ4v) is 3.44. The molecule has 2 aromatic carbocycles. The largest absolute Gasteiger partial charge is 0.507 e. The molecule has 0 bridgehead atoms. The Morgan fingerprint density at radius 2 is 1.88 bits per heavy atom. The second kappa shape index (κ2) is 7.46. The number of hydrogen-bond donors (Lipinski definition) is 2. The SMILES string of the molecule is Cc1ccc(O)c(C(=O)NCC2(c3ccc(Cl)cc3)CCOCC2)c1. The Kier molecular flexibility index (Phi) is 5.30. The van der Waals surface area contributed by atoms with Gasteiger partial charge in [0.15, 0.2) is 0 Å². The molecule has 0 aliphatic carbocycles. The average Bonchev–Trinajstić information content (AvgIpc) is 2.63. The van der Waals surface area contributed by atoms with Crippen LogP contribution in [-0.4, -0.2) is 30.8 Å². The van der Waals surface area contributed by atoms with Gasteiger partial charge in [0.05, 0.1) is 5.56 Å². The van der Waals surface area contributed by atoms with Crippen molar-refractivity contribution in [3.05, 3.63) is 64.2 Å². The minimum atomic E-state index is -0.263. The number of carbonyl (C=O) groups is 1. The van der Waals surface area contributed by atoms with E-state index in [-0.39, 0.29) is 17.1 Å². The van der Waals surface area contributed by atoms with Crippen LogP contribution in [0.15, 0.2) is 42.5 Å². The fraction of sp³-hybridized carbons (Fsp3) is 0.350. The molecule has 1 aliphatic rings. The van der Waals surface area contributed by atoms with Gasteiger partial charge in [0.1, 0.15) is 5.75 Å².